The van der Waals surface area contributed by atoms with Crippen molar-refractivity contribution in [2.45, 2.75) is 52.0 Å². The molecule has 0 aromatic carbocycles. The molecule has 1 saturated carbocycles. The first-order valence-corrected chi connectivity index (χ1v) is 5.05. The van der Waals surface area contributed by atoms with Gasteiger partial charge in [-0.25, -0.2) is 0 Å². The molecule has 1 heteroatoms. The average molecular weight is 155 g/mol. The molecule has 0 saturated heterocycles. The van der Waals surface area contributed by atoms with Crippen LogP contribution in [0.15, 0.2) is 0 Å². The lowest BCUT2D eigenvalue weighted by Gasteiger charge is -2.35. The minimum atomic E-state index is 0.499. The van der Waals surface area contributed by atoms with E-state index in [-0.39, 0.29) is 0 Å². The third-order valence-electron chi connectivity index (χ3n) is 3.29. The molecule has 1 aliphatic rings. The van der Waals surface area contributed by atoms with Gasteiger partial charge in [0.2, 0.25) is 0 Å². The normalized spacial score (nSPS) is 21.8. The van der Waals surface area contributed by atoms with Crippen LogP contribution < -0.4 is 5.73 Å². The van der Waals surface area contributed by atoms with Crippen LogP contribution in [0.5, 0.6) is 0 Å². The molecule has 0 heterocycles. The van der Waals surface area contributed by atoms with Crippen molar-refractivity contribution in [3.63, 3.8) is 0 Å². The van der Waals surface area contributed by atoms with Crippen LogP contribution in [0.2, 0.25) is 0 Å². The lowest BCUT2D eigenvalue weighted by molar-refractivity contribution is 0.200. The van der Waals surface area contributed by atoms with Gasteiger partial charge in [0, 0.05) is 6.04 Å². The van der Waals surface area contributed by atoms with E-state index in [4.69, 9.17) is 5.73 Å². The summed E-state index contributed by atoms with van der Waals surface area (Å²) >= 11 is 0. The zero-order chi connectivity index (χ0) is 8.27. The van der Waals surface area contributed by atoms with Gasteiger partial charge in [0.25, 0.3) is 0 Å². The first kappa shape index (κ1) is 9.05. The van der Waals surface area contributed by atoms with E-state index in [1.807, 2.05) is 0 Å². The SMILES string of the molecule is CCC(CC)C(N)C1CCC1. The lowest BCUT2D eigenvalue weighted by atomic mass is 9.74. The summed E-state index contributed by atoms with van der Waals surface area (Å²) < 4.78 is 0. The Bertz CT molecular complexity index is 103. The summed E-state index contributed by atoms with van der Waals surface area (Å²) in [5.41, 5.74) is 6.14. The largest absolute Gasteiger partial charge is 0.327 e. The third-order valence-corrected chi connectivity index (χ3v) is 3.29. The fourth-order valence-electron chi connectivity index (χ4n) is 2.04. The molecule has 1 atom stereocenters. The highest BCUT2D eigenvalue weighted by molar-refractivity contribution is 4.84. The highest BCUT2D eigenvalue weighted by atomic mass is 14.7. The molecule has 1 nitrogen and oxygen atoms in total. The summed E-state index contributed by atoms with van der Waals surface area (Å²) in [7, 11) is 0. The molecule has 66 valence electrons. The lowest BCUT2D eigenvalue weighted by Crippen LogP contribution is -2.40. The van der Waals surface area contributed by atoms with Crippen molar-refractivity contribution in [2.75, 3.05) is 0 Å². The maximum Gasteiger partial charge on any atom is 0.00954 e. The smallest absolute Gasteiger partial charge is 0.00954 e. The van der Waals surface area contributed by atoms with Crippen LogP contribution in [0.25, 0.3) is 0 Å². The molecule has 0 aliphatic heterocycles. The number of nitrogens with two attached hydrogens (primary N) is 1. The zero-order valence-corrected chi connectivity index (χ0v) is 7.84. The second kappa shape index (κ2) is 4.10. The van der Waals surface area contributed by atoms with E-state index in [1.165, 1.54) is 32.1 Å². The van der Waals surface area contributed by atoms with E-state index >= 15 is 0 Å². The van der Waals surface area contributed by atoms with Crippen molar-refractivity contribution < 1.29 is 0 Å². The Hall–Kier alpha value is -0.0400. The Labute approximate surface area is 70.4 Å². The van der Waals surface area contributed by atoms with Gasteiger partial charge in [-0.1, -0.05) is 33.1 Å². The van der Waals surface area contributed by atoms with Gasteiger partial charge in [-0.15, -0.1) is 0 Å². The van der Waals surface area contributed by atoms with Crippen LogP contribution in [0, 0.1) is 11.8 Å². The summed E-state index contributed by atoms with van der Waals surface area (Å²) in [5.74, 6) is 1.64. The molecule has 1 aliphatic carbocycles. The van der Waals surface area contributed by atoms with Crippen LogP contribution in [0.3, 0.4) is 0 Å². The molecule has 0 spiro atoms. The van der Waals surface area contributed by atoms with Gasteiger partial charge < -0.3 is 5.73 Å². The third kappa shape index (κ3) is 1.96. The summed E-state index contributed by atoms with van der Waals surface area (Å²) in [6, 6.07) is 0.499. The van der Waals surface area contributed by atoms with Crippen LogP contribution in [0.1, 0.15) is 46.0 Å². The van der Waals surface area contributed by atoms with E-state index in [9.17, 15) is 0 Å². The first-order chi connectivity index (χ1) is 5.29. The maximum absolute atomic E-state index is 6.14. The van der Waals surface area contributed by atoms with Crippen LogP contribution in [-0.2, 0) is 0 Å². The molecule has 1 unspecified atom stereocenters. The Morgan fingerprint density at radius 2 is 1.82 bits per heavy atom. The molecule has 0 radical (unpaired) electrons. The number of hydrogen-bond donors (Lipinski definition) is 1. The zero-order valence-electron chi connectivity index (χ0n) is 7.84. The predicted octanol–water partition coefficient (Wildman–Crippen LogP) is 2.55. The molecular formula is C10H21N. The summed E-state index contributed by atoms with van der Waals surface area (Å²) in [6.45, 7) is 4.51. The highest BCUT2D eigenvalue weighted by Gasteiger charge is 2.28. The van der Waals surface area contributed by atoms with Gasteiger partial charge in [-0.2, -0.15) is 0 Å². The Morgan fingerprint density at radius 1 is 1.27 bits per heavy atom. The fourth-order valence-corrected chi connectivity index (χ4v) is 2.04. The van der Waals surface area contributed by atoms with Gasteiger partial charge in [0.1, 0.15) is 0 Å². The van der Waals surface area contributed by atoms with Crippen LogP contribution in [-0.4, -0.2) is 6.04 Å². The molecule has 1 fully saturated rings. The van der Waals surface area contributed by atoms with Gasteiger partial charge >= 0.3 is 0 Å². The maximum atomic E-state index is 6.14. The minimum absolute atomic E-state index is 0.499. The van der Waals surface area contributed by atoms with Crippen molar-refractivity contribution in [3.05, 3.63) is 0 Å². The van der Waals surface area contributed by atoms with Crippen molar-refractivity contribution in [2.24, 2.45) is 17.6 Å². The Balaban J connectivity index is 2.30. The van der Waals surface area contributed by atoms with E-state index in [0.29, 0.717) is 6.04 Å². The first-order valence-electron chi connectivity index (χ1n) is 5.05. The van der Waals surface area contributed by atoms with E-state index in [1.54, 1.807) is 0 Å². The van der Waals surface area contributed by atoms with E-state index < -0.39 is 0 Å². The minimum Gasteiger partial charge on any atom is -0.327 e. The second-order valence-corrected chi connectivity index (χ2v) is 3.84. The van der Waals surface area contributed by atoms with Crippen molar-refractivity contribution >= 4 is 0 Å². The van der Waals surface area contributed by atoms with Gasteiger partial charge in [-0.05, 0) is 24.7 Å². The predicted molar refractivity (Wildman–Crippen MR) is 49.4 cm³/mol. The average Bonchev–Trinajstić information content (AvgIpc) is 1.86. The van der Waals surface area contributed by atoms with Crippen LogP contribution in [0.4, 0.5) is 0 Å². The van der Waals surface area contributed by atoms with E-state index in [2.05, 4.69) is 13.8 Å². The standard InChI is InChI=1S/C10H21N/c1-3-8(4-2)10(11)9-6-5-7-9/h8-10H,3-7,11H2,1-2H3. The quantitative estimate of drug-likeness (QED) is 0.663. The fraction of sp³-hybridized carbons (Fsp3) is 1.00. The molecule has 0 aromatic heterocycles. The van der Waals surface area contributed by atoms with Crippen LogP contribution >= 0.6 is 0 Å². The summed E-state index contributed by atoms with van der Waals surface area (Å²) in [5, 5.41) is 0. The summed E-state index contributed by atoms with van der Waals surface area (Å²) in [6.07, 6.45) is 6.70. The Morgan fingerprint density at radius 3 is 2.09 bits per heavy atom. The van der Waals surface area contributed by atoms with Crippen molar-refractivity contribution in [1.82, 2.24) is 0 Å². The summed E-state index contributed by atoms with van der Waals surface area (Å²) in [4.78, 5) is 0. The number of rotatable bonds is 4. The molecule has 2 N–H and O–H groups in total. The molecule has 0 aromatic rings. The molecule has 11 heavy (non-hydrogen) atoms. The topological polar surface area (TPSA) is 26.0 Å². The van der Waals surface area contributed by atoms with Gasteiger partial charge in [0.05, 0.1) is 0 Å². The van der Waals surface area contributed by atoms with Crippen molar-refractivity contribution in [3.8, 4) is 0 Å². The highest BCUT2D eigenvalue weighted by Crippen LogP contribution is 2.33. The van der Waals surface area contributed by atoms with Gasteiger partial charge in [0.15, 0.2) is 0 Å². The second-order valence-electron chi connectivity index (χ2n) is 3.84. The van der Waals surface area contributed by atoms with Crippen molar-refractivity contribution in [1.29, 1.82) is 0 Å². The van der Waals surface area contributed by atoms with E-state index in [0.717, 1.165) is 11.8 Å². The Kier molecular flexibility index (Phi) is 3.38. The number of hydrogen-bond acceptors (Lipinski definition) is 1. The van der Waals surface area contributed by atoms with Gasteiger partial charge in [-0.3, -0.25) is 0 Å². The molecule has 0 amide bonds. The molecule has 1 rings (SSSR count). The molecular weight excluding hydrogens is 134 g/mol. The molecule has 0 bridgehead atoms. The monoisotopic (exact) mass is 155 g/mol.